The molecule has 1 aromatic heterocycles. The van der Waals surface area contributed by atoms with Crippen molar-refractivity contribution in [2.45, 2.75) is 13.8 Å². The van der Waals surface area contributed by atoms with E-state index in [1.165, 1.54) is 0 Å². The summed E-state index contributed by atoms with van der Waals surface area (Å²) in [6.45, 7) is 3.77. The van der Waals surface area contributed by atoms with E-state index >= 15 is 0 Å². The normalized spacial score (nSPS) is 15.5. The third kappa shape index (κ3) is 2.69. The van der Waals surface area contributed by atoms with Crippen LogP contribution >= 0.6 is 12.2 Å². The minimum Gasteiger partial charge on any atom is -0.478 e. The lowest BCUT2D eigenvalue weighted by molar-refractivity contribution is -0.115. The number of aryl methyl sites for hydroxylation is 1. The lowest BCUT2D eigenvalue weighted by Gasteiger charge is -2.12. The van der Waals surface area contributed by atoms with Crippen LogP contribution < -0.4 is 10.6 Å². The van der Waals surface area contributed by atoms with Gasteiger partial charge in [0.2, 0.25) is 0 Å². The summed E-state index contributed by atoms with van der Waals surface area (Å²) in [6, 6.07) is 8.72. The summed E-state index contributed by atoms with van der Waals surface area (Å²) in [6.07, 6.45) is 1.71. The molecule has 0 unspecified atom stereocenters. The highest BCUT2D eigenvalue weighted by atomic mass is 32.1. The zero-order chi connectivity index (χ0) is 17.4. The molecule has 2 heterocycles. The maximum atomic E-state index is 11.8. The van der Waals surface area contributed by atoms with Crippen molar-refractivity contribution in [2.75, 3.05) is 0 Å². The first-order chi connectivity index (χ1) is 11.4. The lowest BCUT2D eigenvalue weighted by atomic mass is 10.1. The average Bonchev–Trinajstić information content (AvgIpc) is 2.98. The van der Waals surface area contributed by atoms with E-state index in [1.54, 1.807) is 30.3 Å². The molecule has 0 radical (unpaired) electrons. The predicted octanol–water partition coefficient (Wildman–Crippen LogP) is 2.14. The minimum atomic E-state index is -0.986. The van der Waals surface area contributed by atoms with Crippen LogP contribution in [0.3, 0.4) is 0 Å². The van der Waals surface area contributed by atoms with Gasteiger partial charge in [-0.1, -0.05) is 12.1 Å². The fourth-order valence-electron chi connectivity index (χ4n) is 2.79. The fraction of sp³-hybridized carbons (Fsp3) is 0.118. The van der Waals surface area contributed by atoms with Crippen molar-refractivity contribution in [3.63, 3.8) is 0 Å². The summed E-state index contributed by atoms with van der Waals surface area (Å²) < 4.78 is 1.86. The number of rotatable bonds is 3. The van der Waals surface area contributed by atoms with E-state index in [0.29, 0.717) is 11.4 Å². The van der Waals surface area contributed by atoms with Crippen molar-refractivity contribution in [1.82, 2.24) is 15.2 Å². The minimum absolute atomic E-state index is 0.219. The first-order valence-electron chi connectivity index (χ1n) is 7.24. The van der Waals surface area contributed by atoms with Crippen molar-refractivity contribution in [3.8, 4) is 5.69 Å². The molecule has 122 valence electrons. The van der Waals surface area contributed by atoms with E-state index in [0.717, 1.165) is 17.0 Å². The highest BCUT2D eigenvalue weighted by Crippen LogP contribution is 2.25. The molecule has 1 saturated heterocycles. The number of carbonyl (C=O) groups is 2. The van der Waals surface area contributed by atoms with Gasteiger partial charge in [0.05, 0.1) is 11.3 Å². The molecule has 7 heteroatoms. The number of nitrogens with one attached hydrogen (secondary N) is 2. The SMILES string of the molecule is Cc1cc(/C=C2/NC(=S)NC2=O)c(C)n1-c1ccccc1C(=O)O. The molecule has 0 atom stereocenters. The van der Waals surface area contributed by atoms with Gasteiger partial charge < -0.3 is 15.0 Å². The molecule has 6 nitrogen and oxygen atoms in total. The summed E-state index contributed by atoms with van der Waals surface area (Å²) in [4.78, 5) is 23.3. The lowest BCUT2D eigenvalue weighted by Crippen LogP contribution is -2.21. The maximum Gasteiger partial charge on any atom is 0.337 e. The number of carboxylic acids is 1. The Hall–Kier alpha value is -2.93. The van der Waals surface area contributed by atoms with Gasteiger partial charge in [-0.15, -0.1) is 0 Å². The summed E-state index contributed by atoms with van der Waals surface area (Å²) in [7, 11) is 0. The Morgan fingerprint density at radius 3 is 2.58 bits per heavy atom. The molecule has 0 saturated carbocycles. The van der Waals surface area contributed by atoms with Crippen molar-refractivity contribution in [2.24, 2.45) is 0 Å². The molecule has 24 heavy (non-hydrogen) atoms. The summed E-state index contributed by atoms with van der Waals surface area (Å²) in [5, 5.41) is 15.0. The molecule has 2 aromatic rings. The molecule has 1 aromatic carbocycles. The van der Waals surface area contributed by atoms with Crippen LogP contribution in [0.25, 0.3) is 11.8 Å². The van der Waals surface area contributed by atoms with Crippen molar-refractivity contribution < 1.29 is 14.7 Å². The second-order valence-corrected chi connectivity index (χ2v) is 5.86. The molecule has 0 spiro atoms. The number of aromatic carboxylic acids is 1. The largest absolute Gasteiger partial charge is 0.478 e. The van der Waals surface area contributed by atoms with Gasteiger partial charge in [-0.25, -0.2) is 4.79 Å². The van der Waals surface area contributed by atoms with Crippen LogP contribution in [0.2, 0.25) is 0 Å². The van der Waals surface area contributed by atoms with Gasteiger partial charge in [0, 0.05) is 11.4 Å². The highest BCUT2D eigenvalue weighted by Gasteiger charge is 2.22. The first-order valence-corrected chi connectivity index (χ1v) is 7.65. The first kappa shape index (κ1) is 15.9. The van der Waals surface area contributed by atoms with E-state index in [2.05, 4.69) is 10.6 Å². The number of thiocarbonyl (C=S) groups is 1. The second-order valence-electron chi connectivity index (χ2n) is 5.45. The van der Waals surface area contributed by atoms with Gasteiger partial charge in [0.25, 0.3) is 5.91 Å². The Kier molecular flexibility index (Phi) is 3.94. The number of nitrogens with zero attached hydrogens (tertiary/aromatic N) is 1. The third-order valence-corrected chi connectivity index (χ3v) is 4.07. The standard InChI is InChI=1S/C17H15N3O3S/c1-9-7-11(8-13-15(21)19-17(24)18-13)10(2)20(9)14-6-4-3-5-12(14)16(22)23/h3-8H,1-2H3,(H,22,23)(H2,18,19,21,24)/b13-8+. The topological polar surface area (TPSA) is 83.4 Å². The van der Waals surface area contributed by atoms with Crippen LogP contribution in [0, 0.1) is 13.8 Å². The van der Waals surface area contributed by atoms with E-state index in [4.69, 9.17) is 12.2 Å². The van der Waals surface area contributed by atoms with Gasteiger partial charge in [-0.05, 0) is 55.9 Å². The zero-order valence-corrected chi connectivity index (χ0v) is 13.9. The summed E-state index contributed by atoms with van der Waals surface area (Å²) in [5.74, 6) is -1.27. The Morgan fingerprint density at radius 1 is 1.25 bits per heavy atom. The van der Waals surface area contributed by atoms with Gasteiger partial charge in [0.15, 0.2) is 5.11 Å². The highest BCUT2D eigenvalue weighted by molar-refractivity contribution is 7.80. The number of aromatic nitrogens is 1. The van der Waals surface area contributed by atoms with Gasteiger partial charge in [-0.3, -0.25) is 10.1 Å². The van der Waals surface area contributed by atoms with Crippen LogP contribution in [0.5, 0.6) is 0 Å². The molecular weight excluding hydrogens is 326 g/mol. The number of amides is 1. The molecule has 1 aliphatic rings. The fourth-order valence-corrected chi connectivity index (χ4v) is 2.99. The quantitative estimate of drug-likeness (QED) is 0.588. The number of para-hydroxylation sites is 1. The van der Waals surface area contributed by atoms with Gasteiger partial charge in [-0.2, -0.15) is 0 Å². The zero-order valence-electron chi connectivity index (χ0n) is 13.1. The van der Waals surface area contributed by atoms with Crippen LogP contribution in [0.15, 0.2) is 36.0 Å². The van der Waals surface area contributed by atoms with Crippen molar-refractivity contribution in [3.05, 3.63) is 58.5 Å². The second kappa shape index (κ2) is 5.93. The predicted molar refractivity (Wildman–Crippen MR) is 94.1 cm³/mol. The van der Waals surface area contributed by atoms with E-state index in [9.17, 15) is 14.7 Å². The molecule has 3 rings (SSSR count). The van der Waals surface area contributed by atoms with Crippen LogP contribution in [-0.4, -0.2) is 26.7 Å². The number of hydrogen-bond donors (Lipinski definition) is 3. The van der Waals surface area contributed by atoms with Crippen molar-refractivity contribution in [1.29, 1.82) is 0 Å². The van der Waals surface area contributed by atoms with Crippen LogP contribution in [0.4, 0.5) is 0 Å². The van der Waals surface area contributed by atoms with E-state index < -0.39 is 5.97 Å². The van der Waals surface area contributed by atoms with Crippen molar-refractivity contribution >= 4 is 35.3 Å². The molecule has 1 fully saturated rings. The number of carboxylic acid groups (broad SMARTS) is 1. The maximum absolute atomic E-state index is 11.8. The van der Waals surface area contributed by atoms with Gasteiger partial charge in [0.1, 0.15) is 5.70 Å². The average molecular weight is 341 g/mol. The third-order valence-electron chi connectivity index (χ3n) is 3.87. The molecular formula is C17H15N3O3S. The Labute approximate surface area is 143 Å². The molecule has 1 amide bonds. The molecule has 3 N–H and O–H groups in total. The number of hydrogen-bond acceptors (Lipinski definition) is 3. The van der Waals surface area contributed by atoms with Crippen LogP contribution in [-0.2, 0) is 4.79 Å². The smallest absolute Gasteiger partial charge is 0.337 e. The summed E-state index contributed by atoms with van der Waals surface area (Å²) >= 11 is 4.92. The van der Waals surface area contributed by atoms with Crippen LogP contribution in [0.1, 0.15) is 27.3 Å². The Balaban J connectivity index is 2.12. The number of benzene rings is 1. The number of carbonyl (C=O) groups excluding carboxylic acids is 1. The van der Waals surface area contributed by atoms with E-state index in [1.807, 2.05) is 24.5 Å². The monoisotopic (exact) mass is 341 g/mol. The molecule has 0 bridgehead atoms. The Morgan fingerprint density at radius 2 is 1.96 bits per heavy atom. The Bertz CT molecular complexity index is 912. The molecule has 0 aliphatic carbocycles. The van der Waals surface area contributed by atoms with E-state index in [-0.39, 0.29) is 16.6 Å². The van der Waals surface area contributed by atoms with Gasteiger partial charge >= 0.3 is 5.97 Å². The summed E-state index contributed by atoms with van der Waals surface area (Å²) in [5.41, 5.74) is 3.69. The molecule has 1 aliphatic heterocycles.